The molecule has 2 amide bonds. The number of anilines is 2. The minimum Gasteiger partial charge on any atom is -0.511 e. The van der Waals surface area contributed by atoms with Crippen LogP contribution in [0.5, 0.6) is 0 Å². The van der Waals surface area contributed by atoms with E-state index in [9.17, 15) is 14.7 Å². The highest BCUT2D eigenvalue weighted by molar-refractivity contribution is 6.33. The van der Waals surface area contributed by atoms with Crippen LogP contribution in [-0.2, 0) is 4.79 Å². The number of hydrogen-bond donors (Lipinski definition) is 4. The number of nitrogens with one attached hydrogen (secondary N) is 3. The van der Waals surface area contributed by atoms with Crippen molar-refractivity contribution in [1.82, 2.24) is 4.98 Å². The van der Waals surface area contributed by atoms with Gasteiger partial charge < -0.3 is 20.7 Å². The highest BCUT2D eigenvalue weighted by atomic mass is 16.3. The molecule has 0 atom stereocenters. The molecule has 0 unspecified atom stereocenters. The molecule has 3 rings (SSSR count). The quantitative estimate of drug-likeness (QED) is 0.244. The summed E-state index contributed by atoms with van der Waals surface area (Å²) in [6.07, 6.45) is 0. The predicted octanol–water partition coefficient (Wildman–Crippen LogP) is 2.51. The van der Waals surface area contributed by atoms with Crippen molar-refractivity contribution in [2.45, 2.75) is 6.92 Å². The number of allylic oxidation sites excluding steroid dienone is 1. The number of aromatic amines is 1. The van der Waals surface area contributed by atoms with Crippen molar-refractivity contribution in [2.24, 2.45) is 0 Å². The molecular formula is C20H15BN4O3. The van der Waals surface area contributed by atoms with Gasteiger partial charge in [0.15, 0.2) is 5.57 Å². The molecule has 0 spiro atoms. The van der Waals surface area contributed by atoms with Crippen molar-refractivity contribution in [3.8, 4) is 6.07 Å². The second-order valence-electron chi connectivity index (χ2n) is 6.09. The van der Waals surface area contributed by atoms with Gasteiger partial charge in [-0.1, -0.05) is 17.6 Å². The van der Waals surface area contributed by atoms with Crippen LogP contribution in [-0.4, -0.2) is 29.8 Å². The van der Waals surface area contributed by atoms with E-state index in [1.54, 1.807) is 48.5 Å². The molecule has 1 heterocycles. The van der Waals surface area contributed by atoms with Gasteiger partial charge in [-0.2, -0.15) is 5.26 Å². The topological polar surface area (TPSA) is 118 Å². The molecule has 0 aliphatic carbocycles. The van der Waals surface area contributed by atoms with Crippen LogP contribution in [0.3, 0.4) is 0 Å². The van der Waals surface area contributed by atoms with Gasteiger partial charge in [-0.15, -0.1) is 0 Å². The number of H-pyrrole nitrogens is 1. The molecule has 0 aliphatic rings. The van der Waals surface area contributed by atoms with Crippen LogP contribution in [0.2, 0.25) is 0 Å². The summed E-state index contributed by atoms with van der Waals surface area (Å²) < 4.78 is 0. The number of hydrogen-bond acceptors (Lipinski definition) is 4. The van der Waals surface area contributed by atoms with E-state index in [1.807, 2.05) is 6.07 Å². The van der Waals surface area contributed by atoms with Crippen molar-refractivity contribution in [1.29, 1.82) is 5.26 Å². The van der Waals surface area contributed by atoms with E-state index in [0.717, 1.165) is 10.9 Å². The maximum Gasteiger partial charge on any atom is 0.272 e. The number of carbonyl (C=O) groups excluding carboxylic acids is 2. The van der Waals surface area contributed by atoms with Gasteiger partial charge in [0.1, 0.15) is 25.4 Å². The van der Waals surface area contributed by atoms with E-state index in [1.165, 1.54) is 6.92 Å². The summed E-state index contributed by atoms with van der Waals surface area (Å²) in [5.74, 6) is -1.39. The first-order chi connectivity index (χ1) is 13.4. The van der Waals surface area contributed by atoms with E-state index in [0.29, 0.717) is 22.5 Å². The molecule has 2 radical (unpaired) electrons. The highest BCUT2D eigenvalue weighted by Crippen LogP contribution is 2.18. The van der Waals surface area contributed by atoms with Crippen molar-refractivity contribution in [3.63, 3.8) is 0 Å². The number of aromatic nitrogens is 1. The van der Waals surface area contributed by atoms with Gasteiger partial charge in [-0.25, -0.2) is 0 Å². The molecule has 0 saturated carbocycles. The van der Waals surface area contributed by atoms with Crippen LogP contribution in [0.25, 0.3) is 10.9 Å². The van der Waals surface area contributed by atoms with Crippen LogP contribution in [0.4, 0.5) is 11.4 Å². The Morgan fingerprint density at radius 2 is 1.71 bits per heavy atom. The number of nitriles is 1. The van der Waals surface area contributed by atoms with Gasteiger partial charge in [0.25, 0.3) is 11.8 Å². The number of amides is 2. The van der Waals surface area contributed by atoms with E-state index < -0.39 is 5.91 Å². The third kappa shape index (κ3) is 4.05. The molecule has 28 heavy (non-hydrogen) atoms. The Bertz CT molecular complexity index is 1140. The Morgan fingerprint density at radius 3 is 2.32 bits per heavy atom. The Balaban J connectivity index is 1.69. The van der Waals surface area contributed by atoms with Crippen molar-refractivity contribution in [3.05, 3.63) is 65.6 Å². The molecule has 1 aromatic heterocycles. The largest absolute Gasteiger partial charge is 0.511 e. The summed E-state index contributed by atoms with van der Waals surface area (Å²) in [5.41, 5.74) is 2.33. The zero-order valence-corrected chi connectivity index (χ0v) is 14.9. The average molecular weight is 370 g/mol. The van der Waals surface area contributed by atoms with Crippen molar-refractivity contribution >= 4 is 47.4 Å². The van der Waals surface area contributed by atoms with Gasteiger partial charge in [0.05, 0.1) is 0 Å². The minimum atomic E-state index is -0.711. The van der Waals surface area contributed by atoms with Crippen LogP contribution < -0.4 is 16.1 Å². The summed E-state index contributed by atoms with van der Waals surface area (Å²) in [7, 11) is 5.74. The zero-order chi connectivity index (χ0) is 20.3. The van der Waals surface area contributed by atoms with E-state index >= 15 is 0 Å². The molecule has 0 aliphatic heterocycles. The molecular weight excluding hydrogens is 355 g/mol. The van der Waals surface area contributed by atoms with Crippen LogP contribution in [0.1, 0.15) is 17.4 Å². The fourth-order valence-corrected chi connectivity index (χ4v) is 2.59. The van der Waals surface area contributed by atoms with Crippen LogP contribution >= 0.6 is 0 Å². The van der Waals surface area contributed by atoms with Crippen LogP contribution in [0, 0.1) is 11.3 Å². The monoisotopic (exact) mass is 370 g/mol. The highest BCUT2D eigenvalue weighted by Gasteiger charge is 2.13. The molecule has 0 bridgehead atoms. The van der Waals surface area contributed by atoms with Gasteiger partial charge in [0.2, 0.25) is 0 Å². The van der Waals surface area contributed by atoms with E-state index in [2.05, 4.69) is 15.6 Å². The zero-order valence-electron chi connectivity index (χ0n) is 14.9. The number of fused-ring (bicyclic) bond motifs is 1. The van der Waals surface area contributed by atoms with E-state index in [4.69, 9.17) is 13.1 Å². The summed E-state index contributed by atoms with van der Waals surface area (Å²) in [4.78, 5) is 27.3. The normalized spacial score (nSPS) is 11.4. The van der Waals surface area contributed by atoms with Gasteiger partial charge in [0, 0.05) is 22.3 Å². The number of aliphatic hydroxyl groups excluding tert-OH is 1. The lowest BCUT2D eigenvalue weighted by atomic mass is 9.96. The third-order valence-electron chi connectivity index (χ3n) is 3.99. The van der Waals surface area contributed by atoms with Crippen molar-refractivity contribution < 1.29 is 14.7 Å². The number of carbonyl (C=O) groups is 2. The standard InChI is InChI=1S/C20H15BN4O3/c1-11(26)16(10-22)19(27)23-14-4-6-15(7-5-14)24-20(28)18-8-12-2-3-13(21)9-17(12)25-18/h2-9,25-26H,1H3,(H,23,27)(H,24,28)/b16-11+. The first-order valence-electron chi connectivity index (χ1n) is 8.28. The lowest BCUT2D eigenvalue weighted by Crippen LogP contribution is -2.15. The SMILES string of the molecule is [B]c1ccc2cc(C(=O)Nc3ccc(NC(=O)/C(C#N)=C(\C)O)cc3)[nH]c2c1. The maximum absolute atomic E-state index is 12.4. The molecule has 8 heteroatoms. The van der Waals surface area contributed by atoms with Crippen LogP contribution in [0.15, 0.2) is 59.9 Å². The molecule has 0 fully saturated rings. The number of benzene rings is 2. The first-order valence-corrected chi connectivity index (χ1v) is 8.28. The summed E-state index contributed by atoms with van der Waals surface area (Å²) in [5, 5.41) is 24.3. The molecule has 3 aromatic rings. The summed E-state index contributed by atoms with van der Waals surface area (Å²) in [6.45, 7) is 1.26. The number of aliphatic hydroxyl groups is 1. The Kier molecular flexibility index (Phi) is 5.18. The Labute approximate surface area is 162 Å². The molecule has 136 valence electrons. The van der Waals surface area contributed by atoms with E-state index in [-0.39, 0.29) is 17.2 Å². The maximum atomic E-state index is 12.4. The summed E-state index contributed by atoms with van der Waals surface area (Å²) >= 11 is 0. The molecule has 4 N–H and O–H groups in total. The third-order valence-corrected chi connectivity index (χ3v) is 3.99. The lowest BCUT2D eigenvalue weighted by Gasteiger charge is -2.07. The predicted molar refractivity (Wildman–Crippen MR) is 108 cm³/mol. The first kappa shape index (κ1) is 18.8. The fraction of sp³-hybridized carbons (Fsp3) is 0.0500. The smallest absolute Gasteiger partial charge is 0.272 e. The minimum absolute atomic E-state index is 0.322. The average Bonchev–Trinajstić information content (AvgIpc) is 3.07. The van der Waals surface area contributed by atoms with Gasteiger partial charge in [-0.3, -0.25) is 9.59 Å². The lowest BCUT2D eigenvalue weighted by molar-refractivity contribution is -0.112. The molecule has 2 aromatic carbocycles. The molecule has 7 nitrogen and oxygen atoms in total. The van der Waals surface area contributed by atoms with Gasteiger partial charge >= 0.3 is 0 Å². The van der Waals surface area contributed by atoms with Crippen molar-refractivity contribution in [2.75, 3.05) is 10.6 Å². The fourth-order valence-electron chi connectivity index (χ4n) is 2.59. The Hall–Kier alpha value is -3.99. The van der Waals surface area contributed by atoms with Gasteiger partial charge in [-0.05, 0) is 43.3 Å². The second kappa shape index (κ2) is 7.72. The second-order valence-corrected chi connectivity index (χ2v) is 6.09. The number of nitrogens with zero attached hydrogens (tertiary/aromatic N) is 1. The molecule has 0 saturated heterocycles. The summed E-state index contributed by atoms with van der Waals surface area (Å²) in [6, 6.07) is 15.1. The number of rotatable bonds is 4. The Morgan fingerprint density at radius 1 is 1.07 bits per heavy atom.